The van der Waals surface area contributed by atoms with Gasteiger partial charge in [-0.3, -0.25) is 0 Å². The summed E-state index contributed by atoms with van der Waals surface area (Å²) in [6.45, 7) is 12.5. The predicted octanol–water partition coefficient (Wildman–Crippen LogP) is 4.99. The Morgan fingerprint density at radius 3 is 2.56 bits per heavy atom. The van der Waals surface area contributed by atoms with E-state index in [4.69, 9.17) is 0 Å². The smallest absolute Gasteiger partial charge is 0.0317 e. The van der Waals surface area contributed by atoms with Gasteiger partial charge in [-0.2, -0.15) is 0 Å². The highest BCUT2D eigenvalue weighted by molar-refractivity contribution is 4.97. The third-order valence-electron chi connectivity index (χ3n) is 4.07. The molecule has 0 radical (unpaired) electrons. The Hall–Kier alpha value is -0.780. The van der Waals surface area contributed by atoms with Gasteiger partial charge in [-0.15, -0.1) is 13.2 Å². The third kappa shape index (κ3) is 3.37. The summed E-state index contributed by atoms with van der Waals surface area (Å²) in [6.07, 6.45) is 13.7. The third-order valence-corrected chi connectivity index (χ3v) is 4.07. The van der Waals surface area contributed by atoms with E-state index in [0.29, 0.717) is 0 Å². The Balaban J connectivity index is 2.77. The fourth-order valence-electron chi connectivity index (χ4n) is 3.03. The number of hydrogen-bond donors (Lipinski definition) is 0. The van der Waals surface area contributed by atoms with Gasteiger partial charge in [-0.25, -0.2) is 0 Å². The Labute approximate surface area is 101 Å². The van der Waals surface area contributed by atoms with E-state index >= 15 is 0 Å². The van der Waals surface area contributed by atoms with Crippen LogP contribution in [0.5, 0.6) is 0 Å². The molecule has 0 aliphatic heterocycles. The maximum Gasteiger partial charge on any atom is -0.0317 e. The van der Waals surface area contributed by atoms with Crippen molar-refractivity contribution in [2.75, 3.05) is 0 Å². The topological polar surface area (TPSA) is 0 Å². The zero-order chi connectivity index (χ0) is 12.0. The maximum atomic E-state index is 3.92. The average molecular weight is 218 g/mol. The Kier molecular flexibility index (Phi) is 5.59. The van der Waals surface area contributed by atoms with Gasteiger partial charge in [0.15, 0.2) is 0 Å². The predicted molar refractivity (Wildman–Crippen MR) is 73.3 cm³/mol. The molecule has 0 spiro atoms. The highest BCUT2D eigenvalue weighted by atomic mass is 14.3. The van der Waals surface area contributed by atoms with Crippen molar-refractivity contribution < 1.29 is 0 Å². The van der Waals surface area contributed by atoms with Crippen LogP contribution in [-0.2, 0) is 0 Å². The van der Waals surface area contributed by atoms with Crippen molar-refractivity contribution in [1.29, 1.82) is 0 Å². The average Bonchev–Trinajstić information content (AvgIpc) is 2.43. The van der Waals surface area contributed by atoms with Crippen LogP contribution in [0.1, 0.15) is 39.5 Å². The van der Waals surface area contributed by atoms with E-state index in [1.807, 2.05) is 0 Å². The molecule has 1 rings (SSSR count). The molecule has 0 saturated carbocycles. The van der Waals surface area contributed by atoms with Crippen molar-refractivity contribution in [3.05, 3.63) is 37.5 Å². The van der Waals surface area contributed by atoms with E-state index in [0.717, 1.165) is 36.5 Å². The molecule has 0 saturated heterocycles. The first-order valence-corrected chi connectivity index (χ1v) is 6.57. The highest BCUT2D eigenvalue weighted by Gasteiger charge is 2.29. The maximum absolute atomic E-state index is 3.92. The van der Waals surface area contributed by atoms with Crippen molar-refractivity contribution in [3.8, 4) is 0 Å². The first-order chi connectivity index (χ1) is 7.70. The summed E-state index contributed by atoms with van der Waals surface area (Å²) in [6, 6.07) is 0. The van der Waals surface area contributed by atoms with E-state index in [1.54, 1.807) is 0 Å². The summed E-state index contributed by atoms with van der Waals surface area (Å²) in [5, 5.41) is 0. The van der Waals surface area contributed by atoms with Crippen molar-refractivity contribution in [2.24, 2.45) is 23.7 Å². The second kappa shape index (κ2) is 6.73. The lowest BCUT2D eigenvalue weighted by atomic mass is 9.72. The Bertz CT molecular complexity index is 249. The van der Waals surface area contributed by atoms with Gasteiger partial charge < -0.3 is 0 Å². The second-order valence-electron chi connectivity index (χ2n) is 5.27. The highest BCUT2D eigenvalue weighted by Crippen LogP contribution is 2.38. The van der Waals surface area contributed by atoms with Crippen LogP contribution in [0.15, 0.2) is 37.5 Å². The molecule has 0 bridgehead atoms. The van der Waals surface area contributed by atoms with Gasteiger partial charge in [0.05, 0.1) is 0 Å². The molecule has 0 aromatic carbocycles. The zero-order valence-corrected chi connectivity index (χ0v) is 10.9. The van der Waals surface area contributed by atoms with E-state index in [9.17, 15) is 0 Å². The second-order valence-corrected chi connectivity index (χ2v) is 5.27. The monoisotopic (exact) mass is 218 g/mol. The number of rotatable bonds is 5. The molecule has 0 N–H and O–H groups in total. The van der Waals surface area contributed by atoms with Crippen LogP contribution in [0.3, 0.4) is 0 Å². The first-order valence-electron chi connectivity index (χ1n) is 6.57. The van der Waals surface area contributed by atoms with E-state index < -0.39 is 0 Å². The minimum Gasteiger partial charge on any atom is -0.103 e. The van der Waals surface area contributed by atoms with E-state index in [1.165, 1.54) is 12.8 Å². The van der Waals surface area contributed by atoms with Gasteiger partial charge in [-0.1, -0.05) is 38.2 Å². The van der Waals surface area contributed by atoms with Crippen LogP contribution < -0.4 is 0 Å². The van der Waals surface area contributed by atoms with Crippen molar-refractivity contribution >= 4 is 0 Å². The fourth-order valence-corrected chi connectivity index (χ4v) is 3.03. The van der Waals surface area contributed by atoms with Gasteiger partial charge in [0.25, 0.3) is 0 Å². The molecular formula is C16H26. The van der Waals surface area contributed by atoms with Crippen LogP contribution >= 0.6 is 0 Å². The van der Waals surface area contributed by atoms with Crippen LogP contribution in [0.4, 0.5) is 0 Å². The van der Waals surface area contributed by atoms with Crippen molar-refractivity contribution in [2.45, 2.75) is 39.5 Å². The minimum absolute atomic E-state index is 0.743. The fraction of sp³-hybridized carbons (Fsp3) is 0.625. The first kappa shape index (κ1) is 13.3. The van der Waals surface area contributed by atoms with Crippen LogP contribution in [0.25, 0.3) is 0 Å². The van der Waals surface area contributed by atoms with Crippen molar-refractivity contribution in [3.63, 3.8) is 0 Å². The standard InChI is InChI=1S/C16H26/c1-5-9-13(3)16-12-8-7-11-14(4)15(16)10-6-2/h5-8,13-16H,1-2,9-12H2,3-4H3. The SMILES string of the molecule is C=CCC(C)C1CC=CCC(C)C1CC=C. The quantitative estimate of drug-likeness (QED) is 0.570. The molecule has 0 heterocycles. The molecule has 4 unspecified atom stereocenters. The van der Waals surface area contributed by atoms with Crippen LogP contribution in [0, 0.1) is 23.7 Å². The van der Waals surface area contributed by atoms with Crippen molar-refractivity contribution in [1.82, 2.24) is 0 Å². The zero-order valence-electron chi connectivity index (χ0n) is 10.9. The van der Waals surface area contributed by atoms with E-state index in [-0.39, 0.29) is 0 Å². The molecule has 90 valence electrons. The van der Waals surface area contributed by atoms with Gasteiger partial charge in [0.1, 0.15) is 0 Å². The lowest BCUT2D eigenvalue weighted by Gasteiger charge is -2.33. The molecule has 16 heavy (non-hydrogen) atoms. The largest absolute Gasteiger partial charge is 0.103 e. The normalized spacial score (nSPS) is 31.8. The summed E-state index contributed by atoms with van der Waals surface area (Å²) in [5.74, 6) is 3.12. The molecule has 0 heteroatoms. The van der Waals surface area contributed by atoms with Gasteiger partial charge in [0.2, 0.25) is 0 Å². The Morgan fingerprint density at radius 2 is 1.94 bits per heavy atom. The molecule has 0 aromatic heterocycles. The minimum atomic E-state index is 0.743. The molecule has 0 fully saturated rings. The Morgan fingerprint density at radius 1 is 1.25 bits per heavy atom. The van der Waals surface area contributed by atoms with Gasteiger partial charge in [-0.05, 0) is 49.4 Å². The van der Waals surface area contributed by atoms with Gasteiger partial charge in [0, 0.05) is 0 Å². The summed E-state index contributed by atoms with van der Waals surface area (Å²) in [4.78, 5) is 0. The van der Waals surface area contributed by atoms with Crippen LogP contribution in [0.2, 0.25) is 0 Å². The molecular weight excluding hydrogens is 192 g/mol. The summed E-state index contributed by atoms with van der Waals surface area (Å²) < 4.78 is 0. The van der Waals surface area contributed by atoms with Gasteiger partial charge >= 0.3 is 0 Å². The molecule has 0 aromatic rings. The van der Waals surface area contributed by atoms with Crippen LogP contribution in [-0.4, -0.2) is 0 Å². The number of allylic oxidation sites excluding steroid dienone is 4. The molecule has 0 amide bonds. The van der Waals surface area contributed by atoms with E-state index in [2.05, 4.69) is 51.3 Å². The number of hydrogen-bond acceptors (Lipinski definition) is 0. The summed E-state index contributed by atoms with van der Waals surface area (Å²) in [7, 11) is 0. The summed E-state index contributed by atoms with van der Waals surface area (Å²) in [5.41, 5.74) is 0. The summed E-state index contributed by atoms with van der Waals surface area (Å²) >= 11 is 0. The lowest BCUT2D eigenvalue weighted by Crippen LogP contribution is -2.25. The molecule has 4 atom stereocenters. The molecule has 0 nitrogen and oxygen atoms in total. The molecule has 1 aliphatic rings. The molecule has 1 aliphatic carbocycles. The lowest BCUT2D eigenvalue weighted by molar-refractivity contribution is 0.187.